The van der Waals surface area contributed by atoms with Crippen LogP contribution in [0.3, 0.4) is 0 Å². The number of rotatable bonds is 1. The zero-order valence-corrected chi connectivity index (χ0v) is 8.17. The van der Waals surface area contributed by atoms with E-state index in [1.165, 1.54) is 6.20 Å². The molecule has 1 aromatic rings. The minimum atomic E-state index is -4.45. The van der Waals surface area contributed by atoms with E-state index in [2.05, 4.69) is 9.97 Å². The number of halogens is 3. The number of hydrogen-bond donors (Lipinski definition) is 0. The lowest BCUT2D eigenvalue weighted by molar-refractivity contribution is -0.145. The van der Waals surface area contributed by atoms with Gasteiger partial charge in [-0.05, 0) is 6.54 Å². The van der Waals surface area contributed by atoms with E-state index >= 15 is 0 Å². The summed E-state index contributed by atoms with van der Waals surface area (Å²) in [4.78, 5) is 8.89. The third-order valence-electron chi connectivity index (χ3n) is 2.42. The molecule has 0 unspecified atom stereocenters. The summed E-state index contributed by atoms with van der Waals surface area (Å²) < 4.78 is 36.9. The summed E-state index contributed by atoms with van der Waals surface area (Å²) in [6, 6.07) is 0. The fourth-order valence-corrected chi connectivity index (χ4v) is 1.58. The average molecular weight is 217 g/mol. The van der Waals surface area contributed by atoms with Crippen molar-refractivity contribution in [3.05, 3.63) is 23.3 Å². The van der Waals surface area contributed by atoms with Crippen molar-refractivity contribution in [3.63, 3.8) is 0 Å². The third-order valence-corrected chi connectivity index (χ3v) is 2.42. The maximum Gasteiger partial charge on any atom is 0.451 e. The highest BCUT2D eigenvalue weighted by molar-refractivity contribution is 5.22. The molecule has 0 fully saturated rings. The Labute approximate surface area is 84.9 Å². The summed E-state index contributed by atoms with van der Waals surface area (Å²) in [5, 5.41) is 0. The van der Waals surface area contributed by atoms with E-state index in [1.54, 1.807) is 0 Å². The summed E-state index contributed by atoms with van der Waals surface area (Å²) in [6.07, 6.45) is -3.17. The molecule has 6 heteroatoms. The van der Waals surface area contributed by atoms with Crippen LogP contribution in [0.25, 0.3) is 0 Å². The molecule has 0 spiro atoms. The van der Waals surface area contributed by atoms with Crippen molar-refractivity contribution in [2.75, 3.05) is 6.54 Å². The van der Waals surface area contributed by atoms with Crippen molar-refractivity contribution in [2.45, 2.75) is 26.2 Å². The van der Waals surface area contributed by atoms with E-state index in [-0.39, 0.29) is 0 Å². The van der Waals surface area contributed by atoms with Gasteiger partial charge in [-0.3, -0.25) is 4.90 Å². The van der Waals surface area contributed by atoms with Gasteiger partial charge in [0, 0.05) is 24.8 Å². The van der Waals surface area contributed by atoms with E-state index in [9.17, 15) is 13.2 Å². The largest absolute Gasteiger partial charge is 0.451 e. The predicted octanol–water partition coefficient (Wildman–Crippen LogP) is 1.83. The van der Waals surface area contributed by atoms with Crippen molar-refractivity contribution in [2.24, 2.45) is 0 Å². The second kappa shape index (κ2) is 3.44. The maximum absolute atomic E-state index is 12.3. The van der Waals surface area contributed by atoms with Crippen LogP contribution >= 0.6 is 0 Å². The molecule has 0 aromatic carbocycles. The number of nitrogens with zero attached hydrogens (tertiary/aromatic N) is 3. The number of alkyl halides is 3. The molecule has 0 amide bonds. The highest BCUT2D eigenvalue weighted by Crippen LogP contribution is 2.28. The minimum Gasteiger partial charge on any atom is -0.293 e. The number of aromatic nitrogens is 2. The van der Waals surface area contributed by atoms with Crippen LogP contribution in [0.5, 0.6) is 0 Å². The van der Waals surface area contributed by atoms with Gasteiger partial charge in [-0.15, -0.1) is 0 Å². The Morgan fingerprint density at radius 3 is 2.73 bits per heavy atom. The van der Waals surface area contributed by atoms with E-state index in [0.717, 1.165) is 12.1 Å². The zero-order chi connectivity index (χ0) is 11.1. The lowest BCUT2D eigenvalue weighted by Gasteiger charge is -2.08. The molecule has 3 nitrogen and oxygen atoms in total. The van der Waals surface area contributed by atoms with Crippen LogP contribution in [-0.4, -0.2) is 21.4 Å². The number of fused-ring (bicyclic) bond motifs is 1. The van der Waals surface area contributed by atoms with E-state index in [4.69, 9.17) is 0 Å². The summed E-state index contributed by atoms with van der Waals surface area (Å²) in [7, 11) is 0. The van der Waals surface area contributed by atoms with Crippen molar-refractivity contribution in [1.82, 2.24) is 14.9 Å². The molecule has 0 radical (unpaired) electrons. The van der Waals surface area contributed by atoms with Crippen LogP contribution in [0.2, 0.25) is 0 Å². The Hall–Kier alpha value is -1.17. The molecule has 0 atom stereocenters. The average Bonchev–Trinajstić information content (AvgIpc) is 2.57. The Morgan fingerprint density at radius 2 is 2.13 bits per heavy atom. The predicted molar refractivity (Wildman–Crippen MR) is 46.8 cm³/mol. The summed E-state index contributed by atoms with van der Waals surface area (Å²) >= 11 is 0. The van der Waals surface area contributed by atoms with E-state index < -0.39 is 12.0 Å². The molecule has 0 saturated heterocycles. The van der Waals surface area contributed by atoms with Crippen molar-refractivity contribution in [1.29, 1.82) is 0 Å². The SMILES string of the molecule is CCN1Cc2cnc(C(F)(F)F)nc2C1. The van der Waals surface area contributed by atoms with Gasteiger partial charge in [-0.2, -0.15) is 13.2 Å². The van der Waals surface area contributed by atoms with Crippen LogP contribution in [0.15, 0.2) is 6.20 Å². The molecule has 0 N–H and O–H groups in total. The van der Waals surface area contributed by atoms with Gasteiger partial charge in [-0.25, -0.2) is 9.97 Å². The smallest absolute Gasteiger partial charge is 0.293 e. The molecule has 82 valence electrons. The lowest BCUT2D eigenvalue weighted by Crippen LogP contribution is -2.15. The van der Waals surface area contributed by atoms with Gasteiger partial charge in [0.25, 0.3) is 0 Å². The monoisotopic (exact) mass is 217 g/mol. The zero-order valence-electron chi connectivity index (χ0n) is 8.17. The fraction of sp³-hybridized carbons (Fsp3) is 0.556. The number of hydrogen-bond acceptors (Lipinski definition) is 3. The van der Waals surface area contributed by atoms with Crippen LogP contribution in [0.1, 0.15) is 24.0 Å². The van der Waals surface area contributed by atoms with Gasteiger partial charge in [-0.1, -0.05) is 6.92 Å². The highest BCUT2D eigenvalue weighted by atomic mass is 19.4. The Balaban J connectivity index is 2.30. The van der Waals surface area contributed by atoms with Crippen LogP contribution in [-0.2, 0) is 19.3 Å². The first-order chi connectivity index (χ1) is 7.00. The van der Waals surface area contributed by atoms with Crippen molar-refractivity contribution in [3.8, 4) is 0 Å². The van der Waals surface area contributed by atoms with E-state index in [0.29, 0.717) is 18.8 Å². The van der Waals surface area contributed by atoms with E-state index in [1.807, 2.05) is 11.8 Å². The van der Waals surface area contributed by atoms with Gasteiger partial charge in [0.15, 0.2) is 0 Å². The van der Waals surface area contributed by atoms with Crippen molar-refractivity contribution >= 4 is 0 Å². The molecule has 1 aromatic heterocycles. The standard InChI is InChI=1S/C9H10F3N3/c1-2-15-4-6-3-13-8(9(10,11)12)14-7(6)5-15/h3H,2,4-5H2,1H3. The molecule has 1 aliphatic rings. The lowest BCUT2D eigenvalue weighted by atomic mass is 10.3. The first-order valence-corrected chi connectivity index (χ1v) is 4.65. The molecule has 1 aliphatic heterocycles. The first kappa shape index (κ1) is 10.4. The van der Waals surface area contributed by atoms with Crippen LogP contribution in [0.4, 0.5) is 13.2 Å². The van der Waals surface area contributed by atoms with Crippen LogP contribution < -0.4 is 0 Å². The summed E-state index contributed by atoms with van der Waals surface area (Å²) in [5.41, 5.74) is 1.30. The summed E-state index contributed by atoms with van der Waals surface area (Å²) in [6.45, 7) is 3.89. The normalized spacial score (nSPS) is 16.8. The Bertz CT molecular complexity index is 375. The van der Waals surface area contributed by atoms with Crippen LogP contribution in [0, 0.1) is 0 Å². The second-order valence-electron chi connectivity index (χ2n) is 3.47. The Morgan fingerprint density at radius 1 is 1.40 bits per heavy atom. The molecular formula is C9H10F3N3. The minimum absolute atomic E-state index is 0.484. The molecule has 2 rings (SSSR count). The molecule has 0 saturated carbocycles. The Kier molecular flexibility index (Phi) is 2.38. The summed E-state index contributed by atoms with van der Waals surface area (Å²) in [5.74, 6) is -1.04. The van der Waals surface area contributed by atoms with Gasteiger partial charge in [0.1, 0.15) is 0 Å². The second-order valence-corrected chi connectivity index (χ2v) is 3.47. The van der Waals surface area contributed by atoms with Gasteiger partial charge in [0.2, 0.25) is 5.82 Å². The maximum atomic E-state index is 12.3. The van der Waals surface area contributed by atoms with Gasteiger partial charge in [0.05, 0.1) is 5.69 Å². The first-order valence-electron chi connectivity index (χ1n) is 4.65. The highest BCUT2D eigenvalue weighted by Gasteiger charge is 2.36. The third kappa shape index (κ3) is 1.94. The molecule has 0 bridgehead atoms. The molecule has 2 heterocycles. The fourth-order valence-electron chi connectivity index (χ4n) is 1.58. The quantitative estimate of drug-likeness (QED) is 0.718. The van der Waals surface area contributed by atoms with Gasteiger partial charge >= 0.3 is 6.18 Å². The molecular weight excluding hydrogens is 207 g/mol. The molecule has 0 aliphatic carbocycles. The van der Waals surface area contributed by atoms with Gasteiger partial charge < -0.3 is 0 Å². The molecule has 15 heavy (non-hydrogen) atoms. The van der Waals surface area contributed by atoms with Crippen molar-refractivity contribution < 1.29 is 13.2 Å². The topological polar surface area (TPSA) is 29.0 Å².